The Morgan fingerprint density at radius 2 is 1.41 bits per heavy atom. The van der Waals surface area contributed by atoms with Gasteiger partial charge in [0.2, 0.25) is 21.8 Å². The maximum absolute atomic E-state index is 12.8. The Kier molecular flexibility index (Phi) is 8.69. The number of hydrogen-bond acceptors (Lipinski definition) is 6. The van der Waals surface area contributed by atoms with Crippen molar-refractivity contribution < 1.29 is 28.2 Å². The molecule has 0 saturated carbocycles. The summed E-state index contributed by atoms with van der Waals surface area (Å²) in [5.41, 5.74) is 1.89. The Morgan fingerprint density at radius 3 is 2.02 bits per heavy atom. The molecule has 0 bridgehead atoms. The molecular weight excluding hydrogens is 544 g/mol. The molecule has 1 heterocycles. The molecule has 214 valence electrons. The van der Waals surface area contributed by atoms with Crippen LogP contribution in [0.5, 0.6) is 11.8 Å². The highest BCUT2D eigenvalue weighted by Crippen LogP contribution is 2.37. The van der Waals surface area contributed by atoms with Crippen LogP contribution in [-0.4, -0.2) is 46.4 Å². The number of sulfonamides is 1. The predicted molar refractivity (Wildman–Crippen MR) is 155 cm³/mol. The van der Waals surface area contributed by atoms with Crippen molar-refractivity contribution in [3.05, 3.63) is 89.0 Å². The number of amides is 2. The Morgan fingerprint density at radius 1 is 0.854 bits per heavy atom. The molecule has 0 fully saturated rings. The third-order valence-corrected chi connectivity index (χ3v) is 8.57. The molecule has 2 N–H and O–H groups in total. The average molecular weight is 577 g/mol. The summed E-state index contributed by atoms with van der Waals surface area (Å²) in [6, 6.07) is 17.1. The summed E-state index contributed by atoms with van der Waals surface area (Å²) in [6.45, 7) is 6.46. The van der Waals surface area contributed by atoms with Gasteiger partial charge in [0.1, 0.15) is 0 Å². The molecule has 41 heavy (non-hydrogen) atoms. The number of hydrogen-bond donors (Lipinski definition) is 2. The van der Waals surface area contributed by atoms with Gasteiger partial charge in [-0.25, -0.2) is 8.42 Å². The maximum atomic E-state index is 12.8. The number of nitrogens with zero attached hydrogens (tertiary/aromatic N) is 4. The Bertz CT molecular complexity index is 1720. The predicted octanol–water partition coefficient (Wildman–Crippen LogP) is 5.66. The summed E-state index contributed by atoms with van der Waals surface area (Å²) in [5, 5.41) is 28.8. The summed E-state index contributed by atoms with van der Waals surface area (Å²) in [4.78, 5) is 25.3. The van der Waals surface area contributed by atoms with Crippen molar-refractivity contribution in [2.24, 2.45) is 16.1 Å². The molecule has 0 spiro atoms. The Labute approximate surface area is 238 Å². The number of aromatic hydroxyl groups is 2. The van der Waals surface area contributed by atoms with Crippen molar-refractivity contribution in [1.82, 2.24) is 8.87 Å². The van der Waals surface area contributed by atoms with E-state index in [1.807, 2.05) is 20.8 Å². The quantitative estimate of drug-likeness (QED) is 0.246. The van der Waals surface area contributed by atoms with Crippen LogP contribution in [0.25, 0.3) is 10.8 Å². The average Bonchev–Trinajstić information content (AvgIpc) is 3.19. The second kappa shape index (κ2) is 12.0. The van der Waals surface area contributed by atoms with Crippen molar-refractivity contribution in [1.29, 1.82) is 0 Å². The molecule has 0 atom stereocenters. The highest BCUT2D eigenvalue weighted by molar-refractivity contribution is 7.89. The van der Waals surface area contributed by atoms with Crippen LogP contribution in [0, 0.1) is 12.8 Å². The normalized spacial score (nSPS) is 12.1. The van der Waals surface area contributed by atoms with E-state index in [9.17, 15) is 28.2 Å². The van der Waals surface area contributed by atoms with Gasteiger partial charge in [0, 0.05) is 42.0 Å². The number of azo groups is 1. The zero-order chi connectivity index (χ0) is 29.9. The van der Waals surface area contributed by atoms with Gasteiger partial charge >= 0.3 is 0 Å². The minimum Gasteiger partial charge on any atom is -0.494 e. The summed E-state index contributed by atoms with van der Waals surface area (Å²) < 4.78 is 28.3. The van der Waals surface area contributed by atoms with Crippen molar-refractivity contribution in [2.75, 3.05) is 7.05 Å². The molecule has 0 aliphatic heterocycles. The number of aryl methyl sites for hydroxylation is 1. The zero-order valence-electron chi connectivity index (χ0n) is 23.3. The molecule has 1 aromatic heterocycles. The molecule has 0 aliphatic carbocycles. The summed E-state index contributed by atoms with van der Waals surface area (Å²) in [5.74, 6) is -1.40. The highest BCUT2D eigenvalue weighted by atomic mass is 32.2. The van der Waals surface area contributed by atoms with Crippen LogP contribution >= 0.6 is 0 Å². The second-order valence-corrected chi connectivity index (χ2v) is 12.4. The van der Waals surface area contributed by atoms with Crippen LogP contribution < -0.4 is 0 Å². The van der Waals surface area contributed by atoms with Gasteiger partial charge in [-0.05, 0) is 67.3 Å². The molecule has 0 aliphatic rings. The first-order valence-corrected chi connectivity index (χ1v) is 14.5. The number of rotatable bonds is 9. The van der Waals surface area contributed by atoms with E-state index in [1.165, 1.54) is 46.3 Å². The fraction of sp³-hybridized carbons (Fsp3) is 0.267. The number of fused-ring (bicyclic) bond motifs is 1. The van der Waals surface area contributed by atoms with E-state index in [4.69, 9.17) is 0 Å². The topological polar surface area (TPSA) is 142 Å². The zero-order valence-corrected chi connectivity index (χ0v) is 24.1. The van der Waals surface area contributed by atoms with Gasteiger partial charge in [0.05, 0.1) is 4.90 Å². The van der Waals surface area contributed by atoms with Crippen molar-refractivity contribution >= 4 is 32.6 Å². The molecule has 4 aromatic rings. The van der Waals surface area contributed by atoms with Gasteiger partial charge in [-0.2, -0.15) is 4.31 Å². The standard InChI is InChI=1S/C30H32N4O6S/c1-19(2)15-16-34-29(37)25-14-11-23(17-26(25)30(34)38)28(36)32-31-27(35)22-9-7-21(8-10-22)18-33(4)41(39,40)24-12-5-20(3)6-13-24/h5-14,17,19,37-38H,15-16,18H2,1-4H3. The molecule has 2 amide bonds. The molecule has 0 radical (unpaired) electrons. The number of carbonyl (C=O) groups is 2. The van der Waals surface area contributed by atoms with E-state index in [2.05, 4.69) is 10.2 Å². The summed E-state index contributed by atoms with van der Waals surface area (Å²) in [6.07, 6.45) is 0.744. The maximum Gasteiger partial charge on any atom is 0.295 e. The van der Waals surface area contributed by atoms with Crippen molar-refractivity contribution in [3.63, 3.8) is 0 Å². The Balaban J connectivity index is 1.43. The fourth-order valence-electron chi connectivity index (χ4n) is 4.24. The van der Waals surface area contributed by atoms with Crippen molar-refractivity contribution in [2.45, 2.75) is 45.2 Å². The van der Waals surface area contributed by atoms with E-state index in [0.29, 0.717) is 28.8 Å². The van der Waals surface area contributed by atoms with Gasteiger partial charge in [-0.3, -0.25) is 14.2 Å². The van der Waals surface area contributed by atoms with Gasteiger partial charge in [0.15, 0.2) is 0 Å². The summed E-state index contributed by atoms with van der Waals surface area (Å²) in [7, 11) is -2.21. The van der Waals surface area contributed by atoms with E-state index in [-0.39, 0.29) is 34.3 Å². The van der Waals surface area contributed by atoms with Gasteiger partial charge < -0.3 is 10.2 Å². The first-order valence-electron chi connectivity index (χ1n) is 13.0. The number of carbonyl (C=O) groups excluding carboxylic acids is 2. The van der Waals surface area contributed by atoms with Gasteiger partial charge in [0.25, 0.3) is 11.8 Å². The lowest BCUT2D eigenvalue weighted by atomic mass is 10.1. The first kappa shape index (κ1) is 29.6. The number of benzene rings is 3. The van der Waals surface area contributed by atoms with Crippen LogP contribution in [-0.2, 0) is 23.1 Å². The lowest BCUT2D eigenvalue weighted by Crippen LogP contribution is -2.26. The van der Waals surface area contributed by atoms with Crippen LogP contribution in [0.4, 0.5) is 0 Å². The Hall–Kier alpha value is -4.35. The number of aromatic nitrogens is 1. The SMILES string of the molecule is Cc1ccc(S(=O)(=O)N(C)Cc2ccc(C(=O)N=NC(=O)c3ccc4c(O)n(CCC(C)C)c(O)c4c3)cc2)cc1. The largest absolute Gasteiger partial charge is 0.494 e. The molecule has 4 rings (SSSR count). The first-order chi connectivity index (χ1) is 19.4. The fourth-order valence-corrected chi connectivity index (χ4v) is 5.40. The van der Waals surface area contributed by atoms with E-state index in [0.717, 1.165) is 12.0 Å². The van der Waals surface area contributed by atoms with Crippen LogP contribution in [0.15, 0.2) is 81.9 Å². The van der Waals surface area contributed by atoms with E-state index in [1.54, 1.807) is 36.4 Å². The van der Waals surface area contributed by atoms with Crippen LogP contribution in [0.1, 0.15) is 52.1 Å². The molecule has 0 unspecified atom stereocenters. The minimum absolute atomic E-state index is 0.0867. The molecule has 3 aromatic carbocycles. The third-order valence-electron chi connectivity index (χ3n) is 6.76. The monoisotopic (exact) mass is 576 g/mol. The third kappa shape index (κ3) is 6.53. The molecule has 11 heteroatoms. The lowest BCUT2D eigenvalue weighted by molar-refractivity contribution is 0.0947. The molecular formula is C30H32N4O6S. The lowest BCUT2D eigenvalue weighted by Gasteiger charge is -2.17. The van der Waals surface area contributed by atoms with Crippen LogP contribution in [0.3, 0.4) is 0 Å². The van der Waals surface area contributed by atoms with Crippen LogP contribution in [0.2, 0.25) is 0 Å². The van der Waals surface area contributed by atoms with Gasteiger partial charge in [-0.15, -0.1) is 10.2 Å². The summed E-state index contributed by atoms with van der Waals surface area (Å²) >= 11 is 0. The second-order valence-electron chi connectivity index (χ2n) is 10.3. The smallest absolute Gasteiger partial charge is 0.295 e. The van der Waals surface area contributed by atoms with Crippen molar-refractivity contribution in [3.8, 4) is 11.8 Å². The van der Waals surface area contributed by atoms with E-state index >= 15 is 0 Å². The van der Waals surface area contributed by atoms with E-state index < -0.39 is 21.8 Å². The highest BCUT2D eigenvalue weighted by Gasteiger charge is 2.21. The minimum atomic E-state index is -3.68. The molecule has 10 nitrogen and oxygen atoms in total. The van der Waals surface area contributed by atoms with Gasteiger partial charge in [-0.1, -0.05) is 43.7 Å². The molecule has 0 saturated heterocycles.